The first-order valence-corrected chi connectivity index (χ1v) is 20.8. The van der Waals surface area contributed by atoms with Gasteiger partial charge in [0.1, 0.15) is 0 Å². The van der Waals surface area contributed by atoms with Gasteiger partial charge >= 0.3 is 0 Å². The van der Waals surface area contributed by atoms with E-state index < -0.39 is 0 Å². The Morgan fingerprint density at radius 2 is 1.29 bits per heavy atom. The summed E-state index contributed by atoms with van der Waals surface area (Å²) in [5, 5.41) is 14.5. The number of amidine groups is 2. The first kappa shape index (κ1) is 36.8. The summed E-state index contributed by atoms with van der Waals surface area (Å²) < 4.78 is 5.00. The summed E-state index contributed by atoms with van der Waals surface area (Å²) in [5.41, 5.74) is 11.9. The summed E-state index contributed by atoms with van der Waals surface area (Å²) in [6.07, 6.45) is 18.5. The summed E-state index contributed by atoms with van der Waals surface area (Å²) >= 11 is 0. The van der Waals surface area contributed by atoms with Crippen LogP contribution >= 0.6 is 0 Å². The van der Waals surface area contributed by atoms with Crippen LogP contribution in [0.3, 0.4) is 0 Å². The maximum absolute atomic E-state index is 9.67. The number of allylic oxidation sites excluding steroid dienone is 4. The van der Waals surface area contributed by atoms with E-state index in [-0.39, 0.29) is 11.9 Å². The molecule has 4 aromatic heterocycles. The minimum Gasteiger partial charge on any atom is -0.333 e. The van der Waals surface area contributed by atoms with Crippen molar-refractivity contribution in [3.8, 4) is 27.9 Å². The number of hydrogen-bond donors (Lipinski definition) is 1. The molecule has 11 rings (SSSR count). The van der Waals surface area contributed by atoms with Crippen LogP contribution in [0, 0.1) is 5.41 Å². The van der Waals surface area contributed by atoms with Crippen LogP contribution in [0.5, 0.6) is 0 Å². The zero-order chi connectivity index (χ0) is 41.4. The minimum absolute atomic E-state index is 0.0798. The molecule has 0 saturated heterocycles. The van der Waals surface area contributed by atoms with Crippen molar-refractivity contribution in [3.63, 3.8) is 0 Å². The molecule has 0 saturated carbocycles. The zero-order valence-corrected chi connectivity index (χ0v) is 33.7. The lowest BCUT2D eigenvalue weighted by atomic mass is 9.92. The number of nitrogens with zero attached hydrogens (tertiary/aromatic N) is 6. The molecule has 7 heteroatoms. The third kappa shape index (κ3) is 6.44. The second-order valence-electron chi connectivity index (χ2n) is 15.4. The molecule has 0 amide bonds. The van der Waals surface area contributed by atoms with Gasteiger partial charge in [0.05, 0.1) is 28.3 Å². The highest BCUT2D eigenvalue weighted by Crippen LogP contribution is 2.46. The number of fused-ring (bicyclic) bond motifs is 7. The molecule has 294 valence electrons. The lowest BCUT2D eigenvalue weighted by Gasteiger charge is -2.21. The van der Waals surface area contributed by atoms with Crippen LogP contribution < -0.4 is 0 Å². The van der Waals surface area contributed by atoms with Gasteiger partial charge in [-0.25, -0.2) is 9.98 Å². The molecule has 6 aromatic carbocycles. The van der Waals surface area contributed by atoms with Gasteiger partial charge in [0.15, 0.2) is 11.7 Å². The minimum atomic E-state index is 0.0798. The van der Waals surface area contributed by atoms with E-state index in [1.165, 1.54) is 32.6 Å². The average Bonchev–Trinajstić information content (AvgIpc) is 3.86. The summed E-state index contributed by atoms with van der Waals surface area (Å²) in [4.78, 5) is 18.3. The molecule has 62 heavy (non-hydrogen) atoms. The Hall–Kier alpha value is -8.29. The van der Waals surface area contributed by atoms with Crippen LogP contribution in [0.1, 0.15) is 29.2 Å². The lowest BCUT2D eigenvalue weighted by Crippen LogP contribution is -2.08. The van der Waals surface area contributed by atoms with E-state index in [1.807, 2.05) is 36.4 Å². The fourth-order valence-electron chi connectivity index (χ4n) is 9.00. The summed E-state index contributed by atoms with van der Waals surface area (Å²) in [6.45, 7) is 0. The standard InChI is InChI=1S/C55H39N7/c56-54(60-55(40-21-15-31-58-36-40)59-35-37-16-14-30-57-34-37)41-32-46(38-17-4-1-5-18-38)52(47(33-41)39-19-6-2-7-20-39)62-49-27-13-11-25-45(49)51-50(62)29-28-44-43-24-10-12-26-48(43)61(53(44)51)42-22-8-3-9-23-42/h1-22,24-36,42,56H,23H2/b56-54?,59-35+,60-55-. The van der Waals surface area contributed by atoms with Crippen molar-refractivity contribution in [3.05, 3.63) is 224 Å². The van der Waals surface area contributed by atoms with E-state index in [2.05, 4.69) is 165 Å². The smallest absolute Gasteiger partial charge is 0.163 e. The predicted molar refractivity (Wildman–Crippen MR) is 256 cm³/mol. The maximum atomic E-state index is 9.67. The summed E-state index contributed by atoms with van der Waals surface area (Å²) in [7, 11) is 0. The first-order valence-electron chi connectivity index (χ1n) is 20.8. The van der Waals surface area contributed by atoms with Gasteiger partial charge in [-0.3, -0.25) is 15.4 Å². The zero-order valence-electron chi connectivity index (χ0n) is 33.7. The molecule has 7 nitrogen and oxygen atoms in total. The quantitative estimate of drug-likeness (QED) is 0.129. The molecular weight excluding hydrogens is 759 g/mol. The number of aliphatic imine (C=N–C) groups is 2. The van der Waals surface area contributed by atoms with Crippen LogP contribution in [-0.2, 0) is 0 Å². The monoisotopic (exact) mass is 797 g/mol. The molecule has 1 aliphatic rings. The molecule has 0 fully saturated rings. The van der Waals surface area contributed by atoms with Crippen molar-refractivity contribution in [2.24, 2.45) is 9.98 Å². The van der Waals surface area contributed by atoms with Gasteiger partial charge in [0, 0.05) is 85.9 Å². The van der Waals surface area contributed by atoms with Gasteiger partial charge in [-0.15, -0.1) is 0 Å². The Kier molecular flexibility index (Phi) is 9.32. The van der Waals surface area contributed by atoms with Crippen LogP contribution in [0.4, 0.5) is 0 Å². The average molecular weight is 798 g/mol. The first-order chi connectivity index (χ1) is 30.7. The fourth-order valence-corrected chi connectivity index (χ4v) is 9.00. The van der Waals surface area contributed by atoms with Gasteiger partial charge in [0.25, 0.3) is 0 Å². The molecule has 1 N–H and O–H groups in total. The molecule has 1 atom stereocenters. The predicted octanol–water partition coefficient (Wildman–Crippen LogP) is 13.0. The summed E-state index contributed by atoms with van der Waals surface area (Å²) in [5.74, 6) is 0.458. The van der Waals surface area contributed by atoms with Crippen LogP contribution in [0.15, 0.2) is 217 Å². The van der Waals surface area contributed by atoms with E-state index in [0.29, 0.717) is 17.0 Å². The largest absolute Gasteiger partial charge is 0.333 e. The van der Waals surface area contributed by atoms with Crippen molar-refractivity contribution in [2.75, 3.05) is 0 Å². The van der Waals surface area contributed by atoms with Gasteiger partial charge in [-0.05, 0) is 66.1 Å². The number of pyridine rings is 2. The summed E-state index contributed by atoms with van der Waals surface area (Å²) in [6, 6.07) is 55.1. The molecule has 10 aromatic rings. The molecule has 0 bridgehead atoms. The second kappa shape index (κ2) is 15.7. The van der Waals surface area contributed by atoms with E-state index in [1.54, 1.807) is 31.0 Å². The fraction of sp³-hybridized carbons (Fsp3) is 0.0364. The number of rotatable bonds is 7. The Labute approximate surface area is 358 Å². The van der Waals surface area contributed by atoms with Crippen molar-refractivity contribution >= 4 is 61.5 Å². The van der Waals surface area contributed by atoms with E-state index in [0.717, 1.165) is 51.0 Å². The van der Waals surface area contributed by atoms with Crippen LogP contribution in [-0.4, -0.2) is 37.0 Å². The van der Waals surface area contributed by atoms with Crippen molar-refractivity contribution in [1.29, 1.82) is 5.41 Å². The van der Waals surface area contributed by atoms with Crippen molar-refractivity contribution < 1.29 is 0 Å². The molecule has 0 spiro atoms. The highest BCUT2D eigenvalue weighted by Gasteiger charge is 2.26. The third-order valence-corrected chi connectivity index (χ3v) is 11.7. The Bertz CT molecular complexity index is 3370. The van der Waals surface area contributed by atoms with Crippen LogP contribution in [0.25, 0.3) is 71.6 Å². The maximum Gasteiger partial charge on any atom is 0.163 e. The number of para-hydroxylation sites is 2. The Morgan fingerprint density at radius 1 is 0.613 bits per heavy atom. The van der Waals surface area contributed by atoms with Gasteiger partial charge in [-0.2, -0.15) is 0 Å². The van der Waals surface area contributed by atoms with Crippen molar-refractivity contribution in [2.45, 2.75) is 12.5 Å². The van der Waals surface area contributed by atoms with Gasteiger partial charge in [-0.1, -0.05) is 133 Å². The highest BCUT2D eigenvalue weighted by molar-refractivity contribution is 6.26. The topological polar surface area (TPSA) is 84.2 Å². The number of aromatic nitrogens is 4. The molecule has 4 heterocycles. The van der Waals surface area contributed by atoms with E-state index in [9.17, 15) is 5.41 Å². The second-order valence-corrected chi connectivity index (χ2v) is 15.4. The molecule has 0 radical (unpaired) electrons. The Balaban J connectivity index is 1.21. The van der Waals surface area contributed by atoms with E-state index >= 15 is 0 Å². The van der Waals surface area contributed by atoms with E-state index in [4.69, 9.17) is 9.98 Å². The molecule has 1 aliphatic carbocycles. The van der Waals surface area contributed by atoms with Crippen molar-refractivity contribution in [1.82, 2.24) is 19.1 Å². The normalized spacial score (nSPS) is 14.2. The molecule has 1 unspecified atom stereocenters. The lowest BCUT2D eigenvalue weighted by molar-refractivity contribution is 0.649. The molecular formula is C55H39N7. The highest BCUT2D eigenvalue weighted by atomic mass is 15.0. The SMILES string of the molecule is N=C(/N=C(\N=C\c1cccnc1)c1cccnc1)c1cc(-c2ccccc2)c(-n2c3ccccc3c3c2ccc2c4ccccc4n(C4C=CC=CC4)c23)c(-c2ccccc2)c1. The molecule has 0 aliphatic heterocycles. The number of hydrogen-bond acceptors (Lipinski definition) is 3. The number of benzene rings is 6. The number of nitrogens with one attached hydrogen (secondary N) is 1. The van der Waals surface area contributed by atoms with Gasteiger partial charge in [0.2, 0.25) is 0 Å². The Morgan fingerprint density at radius 3 is 1.97 bits per heavy atom. The van der Waals surface area contributed by atoms with Gasteiger partial charge < -0.3 is 9.13 Å². The van der Waals surface area contributed by atoms with Crippen LogP contribution in [0.2, 0.25) is 0 Å². The third-order valence-electron chi connectivity index (χ3n) is 11.7.